The average molecular weight is 284 g/mol. The Kier molecular flexibility index (Phi) is 3.75. The second-order valence-corrected chi connectivity index (χ2v) is 5.54. The van der Waals surface area contributed by atoms with Gasteiger partial charge in [-0.05, 0) is 25.6 Å². The highest BCUT2D eigenvalue weighted by atomic mass is 16.2. The van der Waals surface area contributed by atoms with E-state index >= 15 is 0 Å². The highest BCUT2D eigenvalue weighted by Gasteiger charge is 2.30. The van der Waals surface area contributed by atoms with Gasteiger partial charge in [0.25, 0.3) is 5.91 Å². The van der Waals surface area contributed by atoms with Crippen LogP contribution in [0.1, 0.15) is 27.8 Å². The van der Waals surface area contributed by atoms with Gasteiger partial charge in [-0.25, -0.2) is 4.98 Å². The van der Waals surface area contributed by atoms with Crippen LogP contribution in [0.15, 0.2) is 36.7 Å². The van der Waals surface area contributed by atoms with E-state index in [1.807, 2.05) is 42.3 Å². The second-order valence-electron chi connectivity index (χ2n) is 5.54. The highest BCUT2D eigenvalue weighted by Crippen LogP contribution is 2.23. The third-order valence-corrected chi connectivity index (χ3v) is 4.15. The number of hydrogen-bond donors (Lipinski definition) is 1. The van der Waals surface area contributed by atoms with Crippen molar-refractivity contribution in [2.45, 2.75) is 13.0 Å². The minimum atomic E-state index is 0.109. The van der Waals surface area contributed by atoms with Crippen molar-refractivity contribution in [1.82, 2.24) is 19.8 Å². The standard InChI is InChI=1S/C16H20N4O/c1-12-5-3-4-6-13(12)16(21)20-10-9-19(2)14(11-20)15-17-7-8-18-15/h3-8,14H,9-11H2,1-2H3,(H,17,18)/t14-/m1/s1. The van der Waals surface area contributed by atoms with Gasteiger partial charge in [0.2, 0.25) is 0 Å². The largest absolute Gasteiger partial charge is 0.347 e. The summed E-state index contributed by atoms with van der Waals surface area (Å²) >= 11 is 0. The number of rotatable bonds is 2. The molecule has 1 aliphatic heterocycles. The molecule has 0 spiro atoms. The van der Waals surface area contributed by atoms with Crippen molar-refractivity contribution >= 4 is 5.91 Å². The SMILES string of the molecule is Cc1ccccc1C(=O)N1CCN(C)[C@@H](c2ncc[nH]2)C1. The zero-order chi connectivity index (χ0) is 14.8. The maximum Gasteiger partial charge on any atom is 0.254 e. The number of aromatic amines is 1. The van der Waals surface area contributed by atoms with Crippen LogP contribution < -0.4 is 0 Å². The topological polar surface area (TPSA) is 52.2 Å². The molecule has 1 N–H and O–H groups in total. The number of benzene rings is 1. The van der Waals surface area contributed by atoms with Crippen molar-refractivity contribution in [2.75, 3.05) is 26.7 Å². The summed E-state index contributed by atoms with van der Waals surface area (Å²) in [5.41, 5.74) is 1.82. The molecule has 0 aliphatic carbocycles. The molecule has 1 aromatic carbocycles. The summed E-state index contributed by atoms with van der Waals surface area (Å²) in [6.07, 6.45) is 3.58. The molecule has 1 saturated heterocycles. The monoisotopic (exact) mass is 284 g/mol. The summed E-state index contributed by atoms with van der Waals surface area (Å²) in [6.45, 7) is 4.24. The molecule has 1 fully saturated rings. The molecule has 3 rings (SSSR count). The maximum atomic E-state index is 12.7. The summed E-state index contributed by atoms with van der Waals surface area (Å²) in [4.78, 5) is 24.4. The lowest BCUT2D eigenvalue weighted by atomic mass is 10.1. The number of carbonyl (C=O) groups is 1. The van der Waals surface area contributed by atoms with Crippen LogP contribution in [0.25, 0.3) is 0 Å². The number of nitrogens with one attached hydrogen (secondary N) is 1. The molecule has 2 aromatic rings. The number of nitrogens with zero attached hydrogens (tertiary/aromatic N) is 3. The first-order valence-electron chi connectivity index (χ1n) is 7.21. The molecule has 1 amide bonds. The first-order valence-corrected chi connectivity index (χ1v) is 7.21. The Bertz CT molecular complexity index is 623. The third-order valence-electron chi connectivity index (χ3n) is 4.15. The molecule has 0 radical (unpaired) electrons. The van der Waals surface area contributed by atoms with Gasteiger partial charge in [0.15, 0.2) is 0 Å². The molecule has 110 valence electrons. The molecule has 0 bridgehead atoms. The van der Waals surface area contributed by atoms with Crippen LogP contribution in [0.3, 0.4) is 0 Å². The number of H-pyrrole nitrogens is 1. The number of amides is 1. The van der Waals surface area contributed by atoms with Crippen LogP contribution in [-0.4, -0.2) is 52.4 Å². The second kappa shape index (κ2) is 5.69. The molecule has 21 heavy (non-hydrogen) atoms. The van der Waals surface area contributed by atoms with Crippen LogP contribution in [0, 0.1) is 6.92 Å². The summed E-state index contributed by atoms with van der Waals surface area (Å²) in [7, 11) is 2.07. The highest BCUT2D eigenvalue weighted by molar-refractivity contribution is 5.95. The fraction of sp³-hybridized carbons (Fsp3) is 0.375. The van der Waals surface area contributed by atoms with E-state index in [0.29, 0.717) is 6.54 Å². The lowest BCUT2D eigenvalue weighted by molar-refractivity contribution is 0.0534. The summed E-state index contributed by atoms with van der Waals surface area (Å²) in [5.74, 6) is 1.03. The van der Waals surface area contributed by atoms with Crippen molar-refractivity contribution in [3.8, 4) is 0 Å². The number of aryl methyl sites for hydroxylation is 1. The smallest absolute Gasteiger partial charge is 0.254 e. The van der Waals surface area contributed by atoms with Gasteiger partial charge in [-0.1, -0.05) is 18.2 Å². The third kappa shape index (κ3) is 2.69. The van der Waals surface area contributed by atoms with Crippen LogP contribution in [0.5, 0.6) is 0 Å². The molecule has 1 atom stereocenters. The number of imidazole rings is 1. The predicted molar refractivity (Wildman–Crippen MR) is 81.0 cm³/mol. The Morgan fingerprint density at radius 3 is 2.86 bits per heavy atom. The minimum Gasteiger partial charge on any atom is -0.347 e. The van der Waals surface area contributed by atoms with Gasteiger partial charge in [0.05, 0.1) is 6.04 Å². The molecule has 0 unspecified atom stereocenters. The lowest BCUT2D eigenvalue weighted by Crippen LogP contribution is -2.49. The number of piperazine rings is 1. The summed E-state index contributed by atoms with van der Waals surface area (Å²) < 4.78 is 0. The Morgan fingerprint density at radius 2 is 2.14 bits per heavy atom. The van der Waals surface area contributed by atoms with Gasteiger partial charge < -0.3 is 9.88 Å². The van der Waals surface area contributed by atoms with E-state index in [-0.39, 0.29) is 11.9 Å². The van der Waals surface area contributed by atoms with E-state index in [2.05, 4.69) is 21.9 Å². The van der Waals surface area contributed by atoms with Crippen molar-refractivity contribution in [2.24, 2.45) is 0 Å². The summed E-state index contributed by atoms with van der Waals surface area (Å²) in [5, 5.41) is 0. The average Bonchev–Trinajstić information content (AvgIpc) is 3.01. The van der Waals surface area contributed by atoms with E-state index in [1.165, 1.54) is 0 Å². The molecule has 5 nitrogen and oxygen atoms in total. The van der Waals surface area contributed by atoms with Gasteiger partial charge in [-0.15, -0.1) is 0 Å². The Balaban J connectivity index is 1.80. The normalized spacial score (nSPS) is 19.7. The molecular weight excluding hydrogens is 264 g/mol. The van der Waals surface area contributed by atoms with Gasteiger partial charge in [-0.3, -0.25) is 9.69 Å². The molecule has 2 heterocycles. The molecular formula is C16H20N4O. The fourth-order valence-corrected chi connectivity index (χ4v) is 2.80. The molecule has 1 aliphatic rings. The first kappa shape index (κ1) is 13.8. The van der Waals surface area contributed by atoms with E-state index in [4.69, 9.17) is 0 Å². The Labute approximate surface area is 124 Å². The quantitative estimate of drug-likeness (QED) is 0.915. The van der Waals surface area contributed by atoms with Gasteiger partial charge in [-0.2, -0.15) is 0 Å². The fourth-order valence-electron chi connectivity index (χ4n) is 2.80. The van der Waals surface area contributed by atoms with Crippen molar-refractivity contribution in [1.29, 1.82) is 0 Å². The predicted octanol–water partition coefficient (Wildman–Crippen LogP) is 1.85. The van der Waals surface area contributed by atoms with Crippen molar-refractivity contribution in [3.05, 3.63) is 53.6 Å². The maximum absolute atomic E-state index is 12.7. The Morgan fingerprint density at radius 1 is 1.33 bits per heavy atom. The zero-order valence-electron chi connectivity index (χ0n) is 12.4. The van der Waals surface area contributed by atoms with Crippen molar-refractivity contribution < 1.29 is 4.79 Å². The van der Waals surface area contributed by atoms with E-state index in [0.717, 1.165) is 30.0 Å². The Hall–Kier alpha value is -2.14. The number of carbonyl (C=O) groups excluding carboxylic acids is 1. The molecule has 1 aromatic heterocycles. The number of likely N-dealkylation sites (N-methyl/N-ethyl adjacent to an activating group) is 1. The van der Waals surface area contributed by atoms with Crippen LogP contribution in [-0.2, 0) is 0 Å². The van der Waals surface area contributed by atoms with Crippen LogP contribution in [0.2, 0.25) is 0 Å². The van der Waals surface area contributed by atoms with Crippen molar-refractivity contribution in [3.63, 3.8) is 0 Å². The van der Waals surface area contributed by atoms with Gasteiger partial charge in [0.1, 0.15) is 5.82 Å². The van der Waals surface area contributed by atoms with E-state index < -0.39 is 0 Å². The van der Waals surface area contributed by atoms with E-state index in [9.17, 15) is 4.79 Å². The number of hydrogen-bond acceptors (Lipinski definition) is 3. The van der Waals surface area contributed by atoms with Gasteiger partial charge in [0, 0.05) is 37.6 Å². The van der Waals surface area contributed by atoms with Gasteiger partial charge >= 0.3 is 0 Å². The zero-order valence-corrected chi connectivity index (χ0v) is 12.4. The first-order chi connectivity index (χ1) is 10.2. The van der Waals surface area contributed by atoms with Crippen LogP contribution >= 0.6 is 0 Å². The lowest BCUT2D eigenvalue weighted by Gasteiger charge is -2.38. The van der Waals surface area contributed by atoms with E-state index in [1.54, 1.807) is 6.20 Å². The molecule has 5 heteroatoms. The van der Waals surface area contributed by atoms with Crippen LogP contribution in [0.4, 0.5) is 0 Å². The summed E-state index contributed by atoms with van der Waals surface area (Å²) in [6, 6.07) is 7.88. The molecule has 0 saturated carbocycles. The minimum absolute atomic E-state index is 0.109. The number of aromatic nitrogens is 2.